The normalized spacial score (nSPS) is 11.8. The van der Waals surface area contributed by atoms with E-state index in [0.29, 0.717) is 0 Å². The molecule has 74 valence electrons. The van der Waals surface area contributed by atoms with E-state index in [1.54, 1.807) is 18.5 Å². The van der Waals surface area contributed by atoms with Crippen molar-refractivity contribution in [2.24, 2.45) is 0 Å². The molecule has 0 bridgehead atoms. The number of aliphatic hydroxyl groups excluding tert-OH is 1. The van der Waals surface area contributed by atoms with E-state index < -0.39 is 10.0 Å². The molecular weight excluding hydrogens is 192 g/mol. The van der Waals surface area contributed by atoms with Gasteiger partial charge >= 0.3 is 0 Å². The molecule has 3 N–H and O–H groups in total. The predicted molar refractivity (Wildman–Crippen MR) is 48.5 cm³/mol. The number of hydrogen-bond acceptors (Lipinski definition) is 3. The Morgan fingerprint density at radius 2 is 2.31 bits per heavy atom. The summed E-state index contributed by atoms with van der Waals surface area (Å²) in [5, 5.41) is 8.43. The van der Waals surface area contributed by atoms with Crippen molar-refractivity contribution >= 4 is 10.0 Å². The minimum atomic E-state index is -3.32. The number of aromatic amines is 1. The van der Waals surface area contributed by atoms with Crippen LogP contribution in [0.5, 0.6) is 0 Å². The summed E-state index contributed by atoms with van der Waals surface area (Å²) in [7, 11) is -3.32. The molecule has 0 saturated carbocycles. The van der Waals surface area contributed by atoms with Gasteiger partial charge in [-0.05, 0) is 11.6 Å². The maximum absolute atomic E-state index is 11.0. The van der Waals surface area contributed by atoms with Gasteiger partial charge < -0.3 is 10.1 Å². The molecule has 0 atom stereocenters. The van der Waals surface area contributed by atoms with Crippen LogP contribution in [0.15, 0.2) is 18.5 Å². The number of sulfonamides is 1. The lowest BCUT2D eigenvalue weighted by Gasteiger charge is -2.02. The van der Waals surface area contributed by atoms with E-state index in [-0.39, 0.29) is 18.9 Å². The van der Waals surface area contributed by atoms with Gasteiger partial charge in [0.05, 0.1) is 12.4 Å². The molecule has 1 aromatic rings. The third-order valence-electron chi connectivity index (χ3n) is 1.52. The largest absolute Gasteiger partial charge is 0.395 e. The topological polar surface area (TPSA) is 82.2 Å². The van der Waals surface area contributed by atoms with Crippen LogP contribution >= 0.6 is 0 Å². The molecule has 13 heavy (non-hydrogen) atoms. The third-order valence-corrected chi connectivity index (χ3v) is 2.82. The van der Waals surface area contributed by atoms with Crippen molar-refractivity contribution in [3.8, 4) is 0 Å². The van der Waals surface area contributed by atoms with Crippen LogP contribution in [0.2, 0.25) is 0 Å². The van der Waals surface area contributed by atoms with Crippen molar-refractivity contribution in [1.82, 2.24) is 9.71 Å². The fourth-order valence-electron chi connectivity index (χ4n) is 0.854. The van der Waals surface area contributed by atoms with E-state index in [2.05, 4.69) is 9.71 Å². The Morgan fingerprint density at radius 1 is 1.54 bits per heavy atom. The van der Waals surface area contributed by atoms with E-state index in [1.807, 2.05) is 0 Å². The van der Waals surface area contributed by atoms with Crippen LogP contribution in [0.4, 0.5) is 0 Å². The van der Waals surface area contributed by atoms with Crippen LogP contribution in [0, 0.1) is 0 Å². The summed E-state index contributed by atoms with van der Waals surface area (Å²) in [4.78, 5) is 2.81. The lowest BCUT2D eigenvalue weighted by molar-refractivity contribution is 0.319. The van der Waals surface area contributed by atoms with E-state index in [1.165, 1.54) is 0 Å². The quantitative estimate of drug-likeness (QED) is 0.600. The highest BCUT2D eigenvalue weighted by Gasteiger charge is 2.07. The van der Waals surface area contributed by atoms with Crippen molar-refractivity contribution in [3.63, 3.8) is 0 Å². The second-order valence-electron chi connectivity index (χ2n) is 2.58. The Morgan fingerprint density at radius 3 is 2.85 bits per heavy atom. The van der Waals surface area contributed by atoms with Gasteiger partial charge in [0.2, 0.25) is 10.0 Å². The molecule has 0 aromatic carbocycles. The lowest BCUT2D eigenvalue weighted by Crippen LogP contribution is -2.27. The fourth-order valence-corrected chi connectivity index (χ4v) is 1.63. The van der Waals surface area contributed by atoms with Gasteiger partial charge in [0, 0.05) is 18.9 Å². The standard InChI is InChI=1S/C7H12N2O3S/c10-3-4-13(11,12)9-6-7-1-2-8-5-7/h1-2,5,8-10H,3-4,6H2. The molecule has 0 aliphatic heterocycles. The van der Waals surface area contributed by atoms with Crippen LogP contribution in [0.3, 0.4) is 0 Å². The minimum absolute atomic E-state index is 0.253. The van der Waals surface area contributed by atoms with E-state index >= 15 is 0 Å². The van der Waals surface area contributed by atoms with Gasteiger partial charge in [-0.15, -0.1) is 0 Å². The summed E-state index contributed by atoms with van der Waals surface area (Å²) in [6, 6.07) is 1.78. The van der Waals surface area contributed by atoms with Crippen LogP contribution in [0.25, 0.3) is 0 Å². The van der Waals surface area contributed by atoms with Gasteiger partial charge in [-0.3, -0.25) is 0 Å². The number of rotatable bonds is 5. The third kappa shape index (κ3) is 3.58. The molecule has 0 saturated heterocycles. The second-order valence-corrected chi connectivity index (χ2v) is 4.51. The summed E-state index contributed by atoms with van der Waals surface area (Å²) in [6.45, 7) is -0.103. The first-order valence-electron chi connectivity index (χ1n) is 3.84. The SMILES string of the molecule is O=S(=O)(CCO)NCc1cc[nH]c1. The highest BCUT2D eigenvalue weighted by atomic mass is 32.2. The summed E-state index contributed by atoms with van der Waals surface area (Å²) in [5.74, 6) is -0.253. The van der Waals surface area contributed by atoms with Crippen molar-refractivity contribution in [2.45, 2.75) is 6.54 Å². The van der Waals surface area contributed by atoms with Crippen LogP contribution in [-0.4, -0.2) is 30.9 Å². The first-order chi connectivity index (χ1) is 6.14. The number of hydrogen-bond donors (Lipinski definition) is 3. The molecule has 1 rings (SSSR count). The second kappa shape index (κ2) is 4.40. The fraction of sp³-hybridized carbons (Fsp3) is 0.429. The first kappa shape index (κ1) is 10.2. The number of H-pyrrole nitrogens is 1. The Bertz CT molecular complexity index is 331. The van der Waals surface area contributed by atoms with Gasteiger partial charge in [0.15, 0.2) is 0 Å². The molecule has 1 aromatic heterocycles. The Balaban J connectivity index is 2.43. The summed E-state index contributed by atoms with van der Waals surface area (Å²) < 4.78 is 24.4. The van der Waals surface area contributed by atoms with E-state index in [9.17, 15) is 8.42 Å². The van der Waals surface area contributed by atoms with Crippen LogP contribution in [-0.2, 0) is 16.6 Å². The summed E-state index contributed by atoms with van der Waals surface area (Å²) >= 11 is 0. The average Bonchev–Trinajstić information content (AvgIpc) is 2.52. The van der Waals surface area contributed by atoms with E-state index in [4.69, 9.17) is 5.11 Å². The highest BCUT2D eigenvalue weighted by Crippen LogP contribution is 1.96. The zero-order valence-electron chi connectivity index (χ0n) is 7.03. The lowest BCUT2D eigenvalue weighted by atomic mass is 10.4. The molecule has 1 heterocycles. The van der Waals surface area contributed by atoms with Gasteiger partial charge in [0.25, 0.3) is 0 Å². The molecule has 0 radical (unpaired) electrons. The van der Waals surface area contributed by atoms with Crippen molar-refractivity contribution < 1.29 is 13.5 Å². The van der Waals surface area contributed by atoms with Crippen LogP contribution < -0.4 is 4.72 Å². The maximum Gasteiger partial charge on any atom is 0.214 e. The van der Waals surface area contributed by atoms with Crippen molar-refractivity contribution in [2.75, 3.05) is 12.4 Å². The summed E-state index contributed by atoms with van der Waals surface area (Å²) in [6.07, 6.45) is 3.43. The average molecular weight is 204 g/mol. The molecule has 5 nitrogen and oxygen atoms in total. The van der Waals surface area contributed by atoms with Gasteiger partial charge in [-0.1, -0.05) is 0 Å². The highest BCUT2D eigenvalue weighted by molar-refractivity contribution is 7.89. The van der Waals surface area contributed by atoms with Gasteiger partial charge in [-0.25, -0.2) is 13.1 Å². The van der Waals surface area contributed by atoms with Crippen molar-refractivity contribution in [1.29, 1.82) is 0 Å². The molecular formula is C7H12N2O3S. The van der Waals surface area contributed by atoms with E-state index in [0.717, 1.165) is 5.56 Å². The number of aliphatic hydroxyl groups is 1. The number of nitrogens with one attached hydrogen (secondary N) is 2. The molecule has 0 unspecified atom stereocenters. The Kier molecular flexibility index (Phi) is 3.47. The smallest absolute Gasteiger partial charge is 0.214 e. The zero-order valence-corrected chi connectivity index (χ0v) is 7.84. The molecule has 0 amide bonds. The molecule has 0 aliphatic rings. The van der Waals surface area contributed by atoms with Crippen LogP contribution in [0.1, 0.15) is 5.56 Å². The van der Waals surface area contributed by atoms with Gasteiger partial charge in [-0.2, -0.15) is 0 Å². The zero-order chi connectivity index (χ0) is 9.73. The Labute approximate surface area is 76.8 Å². The van der Waals surface area contributed by atoms with Gasteiger partial charge in [0.1, 0.15) is 0 Å². The summed E-state index contributed by atoms with van der Waals surface area (Å²) in [5.41, 5.74) is 0.863. The maximum atomic E-state index is 11.0. The first-order valence-corrected chi connectivity index (χ1v) is 5.49. The predicted octanol–water partition coefficient (Wildman–Crippen LogP) is -0.574. The molecule has 0 fully saturated rings. The monoisotopic (exact) mass is 204 g/mol. The Hall–Kier alpha value is -0.850. The van der Waals surface area contributed by atoms with Crippen molar-refractivity contribution in [3.05, 3.63) is 24.0 Å². The molecule has 0 spiro atoms. The molecule has 0 aliphatic carbocycles. The molecule has 6 heteroatoms. The minimum Gasteiger partial charge on any atom is -0.395 e. The number of aromatic nitrogens is 1.